The van der Waals surface area contributed by atoms with Crippen molar-refractivity contribution in [3.63, 3.8) is 0 Å². The molecule has 0 spiro atoms. The van der Waals surface area contributed by atoms with Gasteiger partial charge in [0.1, 0.15) is 12.4 Å². The first-order valence-corrected chi connectivity index (χ1v) is 7.62. The van der Waals surface area contributed by atoms with E-state index in [0.29, 0.717) is 0 Å². The molecule has 0 bridgehead atoms. The number of thiophene rings is 1. The van der Waals surface area contributed by atoms with Crippen LogP contribution in [0.15, 0.2) is 71.2 Å². The van der Waals surface area contributed by atoms with Gasteiger partial charge in [-0.1, -0.05) is 10.3 Å². The van der Waals surface area contributed by atoms with Crippen LogP contribution in [-0.2, 0) is 0 Å². The monoisotopic (exact) mass is 326 g/mol. The van der Waals surface area contributed by atoms with Crippen LogP contribution in [0.4, 0.5) is 0 Å². The summed E-state index contributed by atoms with van der Waals surface area (Å²) in [5.41, 5.74) is 1.53. The molecular formula is C16H14N4O2S+2. The second kappa shape index (κ2) is 6.80. The van der Waals surface area contributed by atoms with E-state index in [9.17, 15) is 0 Å². The lowest BCUT2D eigenvalue weighted by Gasteiger charge is -1.95. The Hall–Kier alpha value is -3.06. The third-order valence-electron chi connectivity index (χ3n) is 3.22. The molecule has 0 atom stereocenters. The van der Waals surface area contributed by atoms with Crippen LogP contribution in [0.5, 0.6) is 0 Å². The average molecular weight is 326 g/mol. The molecule has 6 nitrogen and oxygen atoms in total. The van der Waals surface area contributed by atoms with Gasteiger partial charge in [0.05, 0.1) is 0 Å². The quantitative estimate of drug-likeness (QED) is 0.333. The summed E-state index contributed by atoms with van der Waals surface area (Å²) in [5.74, 6) is 0. The van der Waals surface area contributed by atoms with Crippen LogP contribution in [0.25, 0.3) is 10.0 Å². The van der Waals surface area contributed by atoms with Gasteiger partial charge in [-0.05, 0) is 23.5 Å². The minimum Gasteiger partial charge on any atom is -0.411 e. The summed E-state index contributed by atoms with van der Waals surface area (Å²) in [6.07, 6.45) is 6.58. The molecule has 114 valence electrons. The van der Waals surface area contributed by atoms with E-state index in [1.807, 2.05) is 70.1 Å². The van der Waals surface area contributed by atoms with Gasteiger partial charge in [0.2, 0.25) is 11.4 Å². The fourth-order valence-electron chi connectivity index (χ4n) is 2.22. The predicted octanol–water partition coefficient (Wildman–Crippen LogP) is 1.92. The van der Waals surface area contributed by atoms with Crippen molar-refractivity contribution < 1.29 is 19.5 Å². The van der Waals surface area contributed by atoms with Crippen LogP contribution < -0.4 is 9.13 Å². The molecular weight excluding hydrogens is 312 g/mol. The lowest BCUT2D eigenvalue weighted by Crippen LogP contribution is -2.35. The zero-order valence-electron chi connectivity index (χ0n) is 12.0. The summed E-state index contributed by atoms with van der Waals surface area (Å²) in [4.78, 5) is 0. The number of nitrogens with zero attached hydrogens (tertiary/aromatic N) is 4. The minimum atomic E-state index is 0.763. The van der Waals surface area contributed by atoms with Crippen molar-refractivity contribution in [2.24, 2.45) is 10.3 Å². The number of oxime groups is 2. The Morgan fingerprint density at radius 2 is 1.22 bits per heavy atom. The van der Waals surface area contributed by atoms with Crippen molar-refractivity contribution in [2.75, 3.05) is 0 Å². The van der Waals surface area contributed by atoms with Gasteiger partial charge >= 0.3 is 0 Å². The molecule has 0 saturated carbocycles. The van der Waals surface area contributed by atoms with E-state index in [1.165, 1.54) is 12.4 Å². The highest BCUT2D eigenvalue weighted by Gasteiger charge is 2.20. The molecule has 2 N–H and O–H groups in total. The van der Waals surface area contributed by atoms with E-state index in [2.05, 4.69) is 10.3 Å². The highest BCUT2D eigenvalue weighted by molar-refractivity contribution is 7.16. The van der Waals surface area contributed by atoms with Crippen LogP contribution >= 0.6 is 11.3 Å². The molecule has 0 fully saturated rings. The van der Waals surface area contributed by atoms with Gasteiger partial charge in [-0.25, -0.2) is 0 Å². The predicted molar refractivity (Wildman–Crippen MR) is 86.1 cm³/mol. The Balaban J connectivity index is 2.06. The summed E-state index contributed by atoms with van der Waals surface area (Å²) < 4.78 is 3.86. The molecule has 3 aromatic heterocycles. The van der Waals surface area contributed by atoms with E-state index in [4.69, 9.17) is 10.4 Å². The minimum absolute atomic E-state index is 0.763. The summed E-state index contributed by atoms with van der Waals surface area (Å²) in [6, 6.07) is 15.3. The molecule has 0 unspecified atom stereocenters. The Morgan fingerprint density at radius 3 is 1.65 bits per heavy atom. The van der Waals surface area contributed by atoms with E-state index in [1.54, 1.807) is 11.3 Å². The topological polar surface area (TPSA) is 72.9 Å². The summed E-state index contributed by atoms with van der Waals surface area (Å²) >= 11 is 1.56. The van der Waals surface area contributed by atoms with Crippen LogP contribution in [0, 0.1) is 0 Å². The average Bonchev–Trinajstić information content (AvgIpc) is 3.06. The lowest BCUT2D eigenvalue weighted by atomic mass is 10.3. The molecule has 0 aliphatic rings. The number of rotatable bonds is 4. The summed E-state index contributed by atoms with van der Waals surface area (Å²) in [5, 5.41) is 25.7. The third-order valence-corrected chi connectivity index (χ3v) is 4.30. The van der Waals surface area contributed by atoms with E-state index in [-0.39, 0.29) is 0 Å². The molecule has 0 aliphatic carbocycles. The van der Waals surface area contributed by atoms with Crippen LogP contribution in [-0.4, -0.2) is 22.8 Å². The second-order valence-corrected chi connectivity index (χ2v) is 5.63. The second-order valence-electron chi connectivity index (χ2n) is 4.59. The third kappa shape index (κ3) is 3.09. The zero-order chi connectivity index (χ0) is 16.1. The number of hydrogen-bond donors (Lipinski definition) is 2. The Labute approximate surface area is 136 Å². The first-order valence-electron chi connectivity index (χ1n) is 6.80. The maximum Gasteiger partial charge on any atom is 0.273 e. The summed E-state index contributed by atoms with van der Waals surface area (Å²) in [6.45, 7) is 0. The highest BCUT2D eigenvalue weighted by atomic mass is 32.1. The van der Waals surface area contributed by atoms with Gasteiger partial charge in [0.15, 0.2) is 12.4 Å². The molecule has 3 heterocycles. The summed E-state index contributed by atoms with van der Waals surface area (Å²) in [7, 11) is 0. The molecule has 0 saturated heterocycles. The fourth-order valence-corrected chi connectivity index (χ4v) is 3.24. The van der Waals surface area contributed by atoms with E-state index in [0.717, 1.165) is 21.4 Å². The van der Waals surface area contributed by atoms with Crippen molar-refractivity contribution in [3.05, 3.63) is 72.3 Å². The van der Waals surface area contributed by atoms with Gasteiger partial charge in [0.25, 0.3) is 10.0 Å². The van der Waals surface area contributed by atoms with Crippen molar-refractivity contribution in [1.29, 1.82) is 0 Å². The highest BCUT2D eigenvalue weighted by Crippen LogP contribution is 2.17. The molecule has 0 amide bonds. The van der Waals surface area contributed by atoms with Gasteiger partial charge in [0, 0.05) is 36.4 Å². The Bertz CT molecular complexity index is 804. The maximum atomic E-state index is 8.79. The number of pyridine rings is 2. The molecule has 0 aromatic carbocycles. The number of hydrogen-bond acceptors (Lipinski definition) is 5. The van der Waals surface area contributed by atoms with E-state index < -0.39 is 0 Å². The van der Waals surface area contributed by atoms with Gasteiger partial charge in [-0.15, -0.1) is 9.13 Å². The largest absolute Gasteiger partial charge is 0.411 e. The molecule has 23 heavy (non-hydrogen) atoms. The smallest absolute Gasteiger partial charge is 0.273 e. The van der Waals surface area contributed by atoms with Crippen molar-refractivity contribution >= 4 is 23.8 Å². The van der Waals surface area contributed by atoms with Crippen LogP contribution in [0.3, 0.4) is 0 Å². The zero-order valence-corrected chi connectivity index (χ0v) is 12.8. The lowest BCUT2D eigenvalue weighted by molar-refractivity contribution is -0.595. The SMILES string of the molecule is O/N=C/c1cccc[n+]1-c1ccc(-[n+]2ccccc2/C=N/O)s1. The standard InChI is InChI=1S/C16H12N4O2S/c21-17-11-13-5-1-3-9-19(13)15-7-8-16(23-15)20-10-4-2-6-14(20)12-18-22/h1-12H/p+2. The van der Waals surface area contributed by atoms with E-state index >= 15 is 0 Å². The molecule has 3 rings (SSSR count). The normalized spacial score (nSPS) is 11.5. The molecule has 0 aliphatic heterocycles. The fraction of sp³-hybridized carbons (Fsp3) is 0. The van der Waals surface area contributed by atoms with Crippen LogP contribution in [0.2, 0.25) is 0 Å². The first-order chi connectivity index (χ1) is 11.3. The van der Waals surface area contributed by atoms with Crippen LogP contribution in [0.1, 0.15) is 11.4 Å². The molecule has 3 aromatic rings. The van der Waals surface area contributed by atoms with Gasteiger partial charge < -0.3 is 10.4 Å². The van der Waals surface area contributed by atoms with Gasteiger partial charge in [-0.3, -0.25) is 0 Å². The Morgan fingerprint density at radius 1 is 0.739 bits per heavy atom. The van der Waals surface area contributed by atoms with Gasteiger partial charge in [-0.2, -0.15) is 0 Å². The Kier molecular flexibility index (Phi) is 4.39. The first kappa shape index (κ1) is 14.9. The molecule has 7 heteroatoms. The maximum absolute atomic E-state index is 8.79. The number of aromatic nitrogens is 2. The van der Waals surface area contributed by atoms with Crippen molar-refractivity contribution in [2.45, 2.75) is 0 Å². The van der Waals surface area contributed by atoms with Crippen molar-refractivity contribution in [3.8, 4) is 10.0 Å². The molecule has 0 radical (unpaired) electrons. The van der Waals surface area contributed by atoms with Crippen molar-refractivity contribution in [1.82, 2.24) is 0 Å².